The Hall–Kier alpha value is -2.02. The number of fused-ring (bicyclic) bond motifs is 1. The lowest BCUT2D eigenvalue weighted by Crippen LogP contribution is -3.05. The summed E-state index contributed by atoms with van der Waals surface area (Å²) >= 11 is 7.25. The number of hydrogen-bond acceptors (Lipinski definition) is 3. The Balaban J connectivity index is 1.94. The highest BCUT2D eigenvalue weighted by Crippen LogP contribution is 2.31. The largest absolute Gasteiger partial charge is 0.340 e. The number of carbonyl (C=O) groups excluding carboxylic acids is 1. The lowest BCUT2D eigenvalue weighted by molar-refractivity contribution is -0.858. The molecule has 0 atom stereocenters. The van der Waals surface area contributed by atoms with Crippen LogP contribution in [0.3, 0.4) is 0 Å². The topological polar surface area (TPSA) is 37.6 Å². The molecule has 26 heavy (non-hydrogen) atoms. The van der Waals surface area contributed by atoms with E-state index < -0.39 is 0 Å². The number of amides is 1. The second kappa shape index (κ2) is 8.12. The number of nitrogens with zero attached hydrogens (tertiary/aromatic N) is 2. The van der Waals surface area contributed by atoms with Gasteiger partial charge in [-0.1, -0.05) is 29.0 Å². The molecule has 2 aromatic carbocycles. The molecule has 0 radical (unpaired) electrons. The van der Waals surface area contributed by atoms with Gasteiger partial charge in [-0.3, -0.25) is 9.69 Å². The molecule has 0 aliphatic heterocycles. The Morgan fingerprint density at radius 2 is 1.96 bits per heavy atom. The molecule has 1 amide bonds. The monoisotopic (exact) mass is 392 g/mol. The molecule has 136 valence electrons. The van der Waals surface area contributed by atoms with Crippen LogP contribution in [0.4, 0.5) is 9.52 Å². The highest BCUT2D eigenvalue weighted by Gasteiger charge is 2.22. The number of halogens is 2. The van der Waals surface area contributed by atoms with Crippen molar-refractivity contribution in [1.29, 1.82) is 0 Å². The smallest absolute Gasteiger partial charge is 0.260 e. The maximum Gasteiger partial charge on any atom is 0.260 e. The Labute approximate surface area is 160 Å². The second-order valence-corrected chi connectivity index (χ2v) is 7.80. The van der Waals surface area contributed by atoms with Crippen LogP contribution in [0.25, 0.3) is 10.2 Å². The van der Waals surface area contributed by atoms with Crippen molar-refractivity contribution in [2.24, 2.45) is 0 Å². The normalized spacial score (nSPS) is 11.3. The molecule has 7 heteroatoms. The van der Waals surface area contributed by atoms with Gasteiger partial charge >= 0.3 is 0 Å². The van der Waals surface area contributed by atoms with Crippen molar-refractivity contribution in [1.82, 2.24) is 4.98 Å². The van der Waals surface area contributed by atoms with Crippen LogP contribution in [-0.4, -0.2) is 38.1 Å². The zero-order valence-electron chi connectivity index (χ0n) is 14.6. The Morgan fingerprint density at radius 3 is 2.62 bits per heavy atom. The summed E-state index contributed by atoms with van der Waals surface area (Å²) in [5.74, 6) is -0.531. The molecular weight excluding hydrogens is 373 g/mol. The van der Waals surface area contributed by atoms with Crippen LogP contribution in [0.1, 0.15) is 16.8 Å². The molecule has 0 spiro atoms. The maximum absolute atomic E-state index is 14.0. The van der Waals surface area contributed by atoms with E-state index in [1.165, 1.54) is 22.3 Å². The van der Waals surface area contributed by atoms with Gasteiger partial charge < -0.3 is 4.90 Å². The van der Waals surface area contributed by atoms with Crippen LogP contribution < -0.4 is 9.80 Å². The number of aromatic nitrogens is 1. The number of benzene rings is 2. The molecule has 0 aliphatic carbocycles. The zero-order valence-corrected chi connectivity index (χ0v) is 16.2. The summed E-state index contributed by atoms with van der Waals surface area (Å²) in [5, 5.41) is 1.09. The quantitative estimate of drug-likeness (QED) is 0.699. The highest BCUT2D eigenvalue weighted by molar-refractivity contribution is 7.22. The molecule has 0 saturated carbocycles. The Morgan fingerprint density at radius 1 is 1.23 bits per heavy atom. The van der Waals surface area contributed by atoms with Gasteiger partial charge in [-0.25, -0.2) is 9.37 Å². The first-order chi connectivity index (χ1) is 12.5. The summed E-state index contributed by atoms with van der Waals surface area (Å²) in [7, 11) is 4.14. The van der Waals surface area contributed by atoms with Gasteiger partial charge in [0.25, 0.3) is 5.91 Å². The molecule has 0 fully saturated rings. The first kappa shape index (κ1) is 18.8. The van der Waals surface area contributed by atoms with Crippen LogP contribution in [-0.2, 0) is 0 Å². The third-order valence-electron chi connectivity index (χ3n) is 3.98. The maximum atomic E-state index is 14.0. The molecule has 0 aliphatic rings. The molecule has 0 unspecified atom stereocenters. The van der Waals surface area contributed by atoms with Crippen molar-refractivity contribution in [3.8, 4) is 0 Å². The number of carbonyl (C=O) groups is 1. The van der Waals surface area contributed by atoms with Gasteiger partial charge in [-0.2, -0.15) is 0 Å². The minimum atomic E-state index is -0.373. The average Bonchev–Trinajstić information content (AvgIpc) is 3.04. The predicted octanol–water partition coefficient (Wildman–Crippen LogP) is 3.27. The van der Waals surface area contributed by atoms with Crippen LogP contribution in [0.15, 0.2) is 42.5 Å². The molecule has 1 heterocycles. The van der Waals surface area contributed by atoms with Crippen molar-refractivity contribution in [3.05, 3.63) is 58.9 Å². The number of anilines is 1. The van der Waals surface area contributed by atoms with E-state index in [1.807, 2.05) is 6.07 Å². The fourth-order valence-electron chi connectivity index (χ4n) is 2.64. The highest BCUT2D eigenvalue weighted by atomic mass is 35.5. The van der Waals surface area contributed by atoms with Crippen molar-refractivity contribution >= 4 is 44.2 Å². The summed E-state index contributed by atoms with van der Waals surface area (Å²) in [6.45, 7) is 1.44. The lowest BCUT2D eigenvalue weighted by Gasteiger charge is -2.20. The number of thiazole rings is 1. The first-order valence-corrected chi connectivity index (χ1v) is 9.56. The van der Waals surface area contributed by atoms with E-state index in [1.54, 1.807) is 35.2 Å². The van der Waals surface area contributed by atoms with Gasteiger partial charge in [-0.15, -0.1) is 0 Å². The van der Waals surface area contributed by atoms with E-state index in [-0.39, 0.29) is 11.7 Å². The van der Waals surface area contributed by atoms with Gasteiger partial charge in [0.1, 0.15) is 11.3 Å². The van der Waals surface area contributed by atoms with Gasteiger partial charge in [0.2, 0.25) is 0 Å². The van der Waals surface area contributed by atoms with Crippen molar-refractivity contribution in [2.75, 3.05) is 32.1 Å². The summed E-state index contributed by atoms with van der Waals surface area (Å²) < 4.78 is 14.7. The molecule has 1 aromatic heterocycles. The van der Waals surface area contributed by atoms with Gasteiger partial charge in [0.05, 0.1) is 25.3 Å². The van der Waals surface area contributed by atoms with E-state index in [0.29, 0.717) is 27.8 Å². The zero-order chi connectivity index (χ0) is 18.7. The fourth-order valence-corrected chi connectivity index (χ4v) is 3.77. The SMILES string of the molecule is C[NH+](C)CCCN(C(=O)c1ccc(Cl)cc1)c1nc2c(F)cccc2s1. The number of hydrogen-bond donors (Lipinski definition) is 1. The van der Waals surface area contributed by atoms with E-state index in [9.17, 15) is 9.18 Å². The number of rotatable bonds is 6. The molecule has 3 rings (SSSR count). The lowest BCUT2D eigenvalue weighted by atomic mass is 10.2. The van der Waals surface area contributed by atoms with Crippen molar-refractivity contribution < 1.29 is 14.1 Å². The fraction of sp³-hybridized carbons (Fsp3) is 0.263. The van der Waals surface area contributed by atoms with Crippen LogP contribution in [0, 0.1) is 5.82 Å². The Kier molecular flexibility index (Phi) is 5.86. The second-order valence-electron chi connectivity index (χ2n) is 6.36. The Bertz CT molecular complexity index is 911. The molecule has 3 aromatic rings. The third-order valence-corrected chi connectivity index (χ3v) is 5.28. The third kappa shape index (κ3) is 4.20. The van der Waals surface area contributed by atoms with Crippen molar-refractivity contribution in [3.63, 3.8) is 0 Å². The van der Waals surface area contributed by atoms with Crippen LogP contribution >= 0.6 is 22.9 Å². The van der Waals surface area contributed by atoms with E-state index in [2.05, 4.69) is 19.1 Å². The molecule has 0 bridgehead atoms. The van der Waals surface area contributed by atoms with Gasteiger partial charge in [-0.05, 0) is 36.4 Å². The van der Waals surface area contributed by atoms with E-state index in [4.69, 9.17) is 11.6 Å². The molecule has 1 N–H and O–H groups in total. The van der Waals surface area contributed by atoms with Crippen LogP contribution in [0.5, 0.6) is 0 Å². The first-order valence-electron chi connectivity index (χ1n) is 8.37. The number of para-hydroxylation sites is 1. The van der Waals surface area contributed by atoms with Crippen LogP contribution in [0.2, 0.25) is 5.02 Å². The number of nitrogens with one attached hydrogen (secondary N) is 1. The van der Waals surface area contributed by atoms with Gasteiger partial charge in [0.15, 0.2) is 5.13 Å². The molecule has 4 nitrogen and oxygen atoms in total. The van der Waals surface area contributed by atoms with E-state index in [0.717, 1.165) is 17.7 Å². The average molecular weight is 393 g/mol. The van der Waals surface area contributed by atoms with Gasteiger partial charge in [0, 0.05) is 23.6 Å². The predicted molar refractivity (Wildman–Crippen MR) is 105 cm³/mol. The summed E-state index contributed by atoms with van der Waals surface area (Å²) in [5.41, 5.74) is 0.839. The minimum Gasteiger partial charge on any atom is -0.340 e. The minimum absolute atomic E-state index is 0.158. The number of quaternary nitrogens is 1. The summed E-state index contributed by atoms with van der Waals surface area (Å²) in [6, 6.07) is 11.6. The standard InChI is InChI=1S/C19H19ClFN3OS/c1-23(2)11-4-12-24(18(25)13-7-9-14(20)10-8-13)19-22-17-15(21)5-3-6-16(17)26-19/h3,5-10H,4,11-12H2,1-2H3/p+1. The summed E-state index contributed by atoms with van der Waals surface area (Å²) in [4.78, 5) is 20.4. The summed E-state index contributed by atoms with van der Waals surface area (Å²) in [6.07, 6.45) is 0.820. The molecule has 0 saturated heterocycles. The molecular formula is C19H20ClFN3OS+. The van der Waals surface area contributed by atoms with E-state index >= 15 is 0 Å². The van der Waals surface area contributed by atoms with Crippen molar-refractivity contribution in [2.45, 2.75) is 6.42 Å².